The first-order valence-electron chi connectivity index (χ1n) is 6.74. The van der Waals surface area contributed by atoms with Crippen molar-refractivity contribution in [3.63, 3.8) is 0 Å². The fourth-order valence-electron chi connectivity index (χ4n) is 2.50. The van der Waals surface area contributed by atoms with Crippen LogP contribution in [0.5, 0.6) is 0 Å². The molecule has 0 aromatic heterocycles. The Morgan fingerprint density at radius 1 is 1.50 bits per heavy atom. The third-order valence-electron chi connectivity index (χ3n) is 3.33. The Morgan fingerprint density at radius 3 is 2.83 bits per heavy atom. The number of hydrogen-bond acceptors (Lipinski definition) is 3. The maximum Gasteiger partial charge on any atom is 0.303 e. The highest BCUT2D eigenvalue weighted by molar-refractivity contribution is 5.78. The van der Waals surface area contributed by atoms with E-state index in [0.29, 0.717) is 6.54 Å². The molecular weight excluding hydrogens is 232 g/mol. The van der Waals surface area contributed by atoms with Crippen LogP contribution in [0.25, 0.3) is 0 Å². The number of nitrogens with one attached hydrogen (secondary N) is 1. The average Bonchev–Trinajstić information content (AvgIpc) is 2.64. The minimum Gasteiger partial charge on any atom is -0.481 e. The van der Waals surface area contributed by atoms with Crippen molar-refractivity contribution in [2.24, 2.45) is 5.92 Å². The van der Waals surface area contributed by atoms with Crippen molar-refractivity contribution in [2.75, 3.05) is 19.6 Å². The largest absolute Gasteiger partial charge is 0.481 e. The van der Waals surface area contributed by atoms with Crippen LogP contribution in [0.1, 0.15) is 39.5 Å². The van der Waals surface area contributed by atoms with Crippen LogP contribution in [0.4, 0.5) is 0 Å². The molecule has 104 valence electrons. The Bertz CT molecular complexity index is 294. The van der Waals surface area contributed by atoms with Crippen molar-refractivity contribution in [2.45, 2.75) is 45.6 Å². The Kier molecular flexibility index (Phi) is 6.12. The van der Waals surface area contributed by atoms with Gasteiger partial charge in [-0.3, -0.25) is 14.5 Å². The maximum absolute atomic E-state index is 11.7. The van der Waals surface area contributed by atoms with E-state index in [-0.39, 0.29) is 24.3 Å². The summed E-state index contributed by atoms with van der Waals surface area (Å²) in [5, 5.41) is 11.7. The van der Waals surface area contributed by atoms with Gasteiger partial charge in [-0.1, -0.05) is 13.3 Å². The van der Waals surface area contributed by atoms with Crippen molar-refractivity contribution in [3.8, 4) is 0 Å². The highest BCUT2D eigenvalue weighted by Gasteiger charge is 2.25. The van der Waals surface area contributed by atoms with Gasteiger partial charge in [0.15, 0.2) is 0 Å². The highest BCUT2D eigenvalue weighted by Crippen LogP contribution is 2.18. The number of nitrogens with zero attached hydrogens (tertiary/aromatic N) is 1. The summed E-state index contributed by atoms with van der Waals surface area (Å²) in [7, 11) is 0. The number of aliphatic carboxylic acids is 1. The summed E-state index contributed by atoms with van der Waals surface area (Å²) in [6.07, 6.45) is 3.15. The summed E-state index contributed by atoms with van der Waals surface area (Å²) >= 11 is 0. The lowest BCUT2D eigenvalue weighted by Crippen LogP contribution is -2.40. The van der Waals surface area contributed by atoms with E-state index in [0.717, 1.165) is 32.4 Å². The fraction of sp³-hybridized carbons (Fsp3) is 0.846. The van der Waals surface area contributed by atoms with Crippen molar-refractivity contribution >= 4 is 11.9 Å². The van der Waals surface area contributed by atoms with Crippen LogP contribution < -0.4 is 5.32 Å². The first kappa shape index (κ1) is 15.0. The van der Waals surface area contributed by atoms with E-state index < -0.39 is 5.97 Å². The molecule has 1 heterocycles. The van der Waals surface area contributed by atoms with Gasteiger partial charge in [0.25, 0.3) is 0 Å². The maximum atomic E-state index is 11.7. The second-order valence-electron chi connectivity index (χ2n) is 5.24. The van der Waals surface area contributed by atoms with Gasteiger partial charge < -0.3 is 10.4 Å². The third kappa shape index (κ3) is 5.49. The summed E-state index contributed by atoms with van der Waals surface area (Å²) in [4.78, 5) is 24.4. The van der Waals surface area contributed by atoms with Gasteiger partial charge >= 0.3 is 5.97 Å². The van der Waals surface area contributed by atoms with Gasteiger partial charge in [0.2, 0.25) is 5.91 Å². The van der Waals surface area contributed by atoms with Gasteiger partial charge in [-0.25, -0.2) is 0 Å². The van der Waals surface area contributed by atoms with E-state index in [1.807, 2.05) is 11.8 Å². The van der Waals surface area contributed by atoms with Gasteiger partial charge in [0.1, 0.15) is 0 Å². The van der Waals surface area contributed by atoms with E-state index in [2.05, 4.69) is 12.2 Å². The molecule has 2 unspecified atom stereocenters. The number of carboxylic acids is 1. The molecule has 0 radical (unpaired) electrons. The summed E-state index contributed by atoms with van der Waals surface area (Å²) in [5.41, 5.74) is 0. The molecule has 1 aliphatic heterocycles. The SMILES string of the molecule is CCCC(C)NC(=O)CN1CCC(CC(=O)O)C1. The Balaban J connectivity index is 2.23. The molecule has 1 rings (SSSR count). The van der Waals surface area contributed by atoms with E-state index in [1.54, 1.807) is 0 Å². The summed E-state index contributed by atoms with van der Waals surface area (Å²) in [6, 6.07) is 0.222. The molecular formula is C13H24N2O3. The number of likely N-dealkylation sites (tertiary alicyclic amines) is 1. The average molecular weight is 256 g/mol. The molecule has 1 amide bonds. The molecule has 1 saturated heterocycles. The van der Waals surface area contributed by atoms with E-state index in [4.69, 9.17) is 5.11 Å². The molecule has 1 aliphatic rings. The van der Waals surface area contributed by atoms with Gasteiger partial charge in [0.05, 0.1) is 6.54 Å². The molecule has 0 aliphatic carbocycles. The lowest BCUT2D eigenvalue weighted by Gasteiger charge is -2.18. The first-order valence-corrected chi connectivity index (χ1v) is 6.74. The molecule has 0 bridgehead atoms. The zero-order chi connectivity index (χ0) is 13.5. The first-order chi connectivity index (χ1) is 8.51. The third-order valence-corrected chi connectivity index (χ3v) is 3.33. The summed E-state index contributed by atoms with van der Waals surface area (Å²) in [5.74, 6) is -0.502. The Labute approximate surface area is 109 Å². The molecule has 2 N–H and O–H groups in total. The van der Waals surface area contributed by atoms with Crippen molar-refractivity contribution in [1.29, 1.82) is 0 Å². The molecule has 5 heteroatoms. The Hall–Kier alpha value is -1.10. The van der Waals surface area contributed by atoms with Crippen LogP contribution >= 0.6 is 0 Å². The van der Waals surface area contributed by atoms with Crippen LogP contribution in [-0.4, -0.2) is 47.6 Å². The summed E-state index contributed by atoms with van der Waals surface area (Å²) < 4.78 is 0. The molecule has 0 spiro atoms. The second-order valence-corrected chi connectivity index (χ2v) is 5.24. The van der Waals surface area contributed by atoms with Crippen LogP contribution in [0.2, 0.25) is 0 Å². The van der Waals surface area contributed by atoms with Crippen molar-refractivity contribution in [3.05, 3.63) is 0 Å². The number of amides is 1. The molecule has 18 heavy (non-hydrogen) atoms. The van der Waals surface area contributed by atoms with E-state index in [9.17, 15) is 9.59 Å². The topological polar surface area (TPSA) is 69.6 Å². The molecule has 0 saturated carbocycles. The lowest BCUT2D eigenvalue weighted by atomic mass is 10.1. The van der Waals surface area contributed by atoms with Gasteiger partial charge in [0, 0.05) is 19.0 Å². The zero-order valence-electron chi connectivity index (χ0n) is 11.3. The van der Waals surface area contributed by atoms with Gasteiger partial charge in [-0.15, -0.1) is 0 Å². The second kappa shape index (κ2) is 7.36. The normalized spacial score (nSPS) is 21.8. The van der Waals surface area contributed by atoms with Gasteiger partial charge in [-0.05, 0) is 32.2 Å². The zero-order valence-corrected chi connectivity index (χ0v) is 11.3. The molecule has 0 aromatic rings. The minimum absolute atomic E-state index is 0.0481. The number of carbonyl (C=O) groups excluding carboxylic acids is 1. The number of carbonyl (C=O) groups is 2. The monoisotopic (exact) mass is 256 g/mol. The highest BCUT2D eigenvalue weighted by atomic mass is 16.4. The lowest BCUT2D eigenvalue weighted by molar-refractivity contribution is -0.138. The Morgan fingerprint density at radius 2 is 2.22 bits per heavy atom. The fourth-order valence-corrected chi connectivity index (χ4v) is 2.50. The van der Waals surface area contributed by atoms with Crippen molar-refractivity contribution in [1.82, 2.24) is 10.2 Å². The number of hydrogen-bond donors (Lipinski definition) is 2. The predicted octanol–water partition coefficient (Wildman–Crippen LogP) is 1.09. The predicted molar refractivity (Wildman–Crippen MR) is 69.3 cm³/mol. The number of carboxylic acid groups (broad SMARTS) is 1. The van der Waals surface area contributed by atoms with E-state index in [1.165, 1.54) is 0 Å². The van der Waals surface area contributed by atoms with Crippen LogP contribution in [0, 0.1) is 5.92 Å². The standard InChI is InChI=1S/C13H24N2O3/c1-3-4-10(2)14-12(16)9-15-6-5-11(8-15)7-13(17)18/h10-11H,3-9H2,1-2H3,(H,14,16)(H,17,18). The van der Waals surface area contributed by atoms with E-state index >= 15 is 0 Å². The molecule has 1 fully saturated rings. The van der Waals surface area contributed by atoms with Crippen LogP contribution in [0.15, 0.2) is 0 Å². The van der Waals surface area contributed by atoms with Crippen LogP contribution in [-0.2, 0) is 9.59 Å². The molecule has 5 nitrogen and oxygen atoms in total. The van der Waals surface area contributed by atoms with Crippen molar-refractivity contribution < 1.29 is 14.7 Å². The van der Waals surface area contributed by atoms with Crippen LogP contribution in [0.3, 0.4) is 0 Å². The summed E-state index contributed by atoms with van der Waals surface area (Å²) in [6.45, 7) is 6.05. The minimum atomic E-state index is -0.747. The quantitative estimate of drug-likeness (QED) is 0.715. The molecule has 2 atom stereocenters. The molecule has 0 aromatic carbocycles. The smallest absolute Gasteiger partial charge is 0.303 e. The number of rotatable bonds is 7. The van der Waals surface area contributed by atoms with Gasteiger partial charge in [-0.2, -0.15) is 0 Å².